The van der Waals surface area contributed by atoms with E-state index in [-0.39, 0.29) is 6.61 Å². The lowest BCUT2D eigenvalue weighted by atomic mass is 9.89. The van der Waals surface area contributed by atoms with Crippen LogP contribution in [0.4, 0.5) is 0 Å². The second-order valence-corrected chi connectivity index (χ2v) is 7.07. The topological polar surface area (TPSA) is 59.6 Å². The molecular formula is C18H22Cl2N2O3S. The van der Waals surface area contributed by atoms with E-state index in [9.17, 15) is 4.79 Å². The number of carbonyl (C=O) groups excluding carboxylic acids is 1. The van der Waals surface area contributed by atoms with Crippen LogP contribution in [0.15, 0.2) is 24.4 Å². The fourth-order valence-corrected chi connectivity index (χ4v) is 3.56. The van der Waals surface area contributed by atoms with Crippen molar-refractivity contribution in [2.24, 2.45) is 5.92 Å². The van der Waals surface area contributed by atoms with Crippen LogP contribution in [0.1, 0.15) is 38.3 Å². The number of esters is 1. The summed E-state index contributed by atoms with van der Waals surface area (Å²) in [6, 6.07) is 2.95. The van der Waals surface area contributed by atoms with E-state index in [1.54, 1.807) is 19.1 Å². The monoisotopic (exact) mass is 416 g/mol. The molecule has 2 atom stereocenters. The van der Waals surface area contributed by atoms with Crippen LogP contribution in [0, 0.1) is 5.92 Å². The Hall–Kier alpha value is -1.50. The van der Waals surface area contributed by atoms with Gasteiger partial charge in [0.25, 0.3) is 0 Å². The van der Waals surface area contributed by atoms with Crippen molar-refractivity contribution in [2.45, 2.75) is 32.7 Å². The van der Waals surface area contributed by atoms with Crippen molar-refractivity contribution in [3.05, 3.63) is 40.0 Å². The van der Waals surface area contributed by atoms with Gasteiger partial charge in [-0.3, -0.25) is 4.79 Å². The zero-order valence-electron chi connectivity index (χ0n) is 14.7. The number of hydrogen-bond acceptors (Lipinski definition) is 4. The Morgan fingerprint density at radius 3 is 2.54 bits per heavy atom. The highest BCUT2D eigenvalue weighted by molar-refractivity contribution is 7.80. The van der Waals surface area contributed by atoms with E-state index in [2.05, 4.69) is 24.1 Å². The van der Waals surface area contributed by atoms with Crippen molar-refractivity contribution in [1.29, 1.82) is 0 Å². The number of nitrogens with one attached hydrogen (secondary N) is 2. The Labute approximate surface area is 169 Å². The van der Waals surface area contributed by atoms with Crippen LogP contribution in [0.3, 0.4) is 0 Å². The lowest BCUT2D eigenvalue weighted by Crippen LogP contribution is -2.51. The van der Waals surface area contributed by atoms with Gasteiger partial charge in [-0.05, 0) is 43.3 Å². The van der Waals surface area contributed by atoms with Crippen LogP contribution in [0.2, 0.25) is 10.0 Å². The van der Waals surface area contributed by atoms with E-state index < -0.39 is 17.9 Å². The number of carbonyl (C=O) groups is 1. The van der Waals surface area contributed by atoms with Crippen molar-refractivity contribution >= 4 is 46.5 Å². The molecule has 1 aromatic carbocycles. The average molecular weight is 417 g/mol. The van der Waals surface area contributed by atoms with Gasteiger partial charge >= 0.3 is 5.97 Å². The minimum absolute atomic E-state index is 0.269. The Kier molecular flexibility index (Phi) is 7.55. The molecule has 0 amide bonds. The second-order valence-electron chi connectivity index (χ2n) is 5.85. The first-order valence-corrected chi connectivity index (χ1v) is 9.60. The Morgan fingerprint density at radius 1 is 1.31 bits per heavy atom. The van der Waals surface area contributed by atoms with Crippen LogP contribution in [0.25, 0.3) is 0 Å². The molecule has 1 heterocycles. The third-order valence-corrected chi connectivity index (χ3v) is 4.72. The van der Waals surface area contributed by atoms with Crippen LogP contribution in [-0.4, -0.2) is 24.3 Å². The van der Waals surface area contributed by atoms with E-state index in [0.717, 1.165) is 12.8 Å². The number of ether oxygens (including phenoxy) is 2. The summed E-state index contributed by atoms with van der Waals surface area (Å²) in [5.41, 5.74) is 1.17. The van der Waals surface area contributed by atoms with Crippen molar-refractivity contribution in [1.82, 2.24) is 10.6 Å². The average Bonchev–Trinajstić information content (AvgIpc) is 2.56. The number of unbranched alkanes of at least 4 members (excludes halogenated alkanes) is 1. The summed E-state index contributed by atoms with van der Waals surface area (Å²) in [6.45, 7) is 8.53. The number of halogens is 2. The second kappa shape index (κ2) is 9.44. The van der Waals surface area contributed by atoms with Gasteiger partial charge in [-0.1, -0.05) is 43.1 Å². The summed E-state index contributed by atoms with van der Waals surface area (Å²) in [5.74, 6) is -0.630. The summed E-state index contributed by atoms with van der Waals surface area (Å²) >= 11 is 17.9. The van der Waals surface area contributed by atoms with Gasteiger partial charge in [0.05, 0.1) is 29.3 Å². The normalized spacial score (nSPS) is 19.5. The summed E-state index contributed by atoms with van der Waals surface area (Å²) in [7, 11) is 0. The lowest BCUT2D eigenvalue weighted by Gasteiger charge is -2.35. The van der Waals surface area contributed by atoms with Gasteiger partial charge in [0.2, 0.25) is 0 Å². The van der Waals surface area contributed by atoms with Gasteiger partial charge in [-0.15, -0.1) is 0 Å². The number of thiocarbonyl (C=S) groups is 1. The molecule has 8 heteroatoms. The Morgan fingerprint density at radius 2 is 1.96 bits per heavy atom. The molecule has 142 valence electrons. The minimum Gasteiger partial charge on any atom is -0.490 e. The van der Waals surface area contributed by atoms with E-state index in [4.69, 9.17) is 44.9 Å². The molecule has 5 nitrogen and oxygen atoms in total. The van der Waals surface area contributed by atoms with E-state index in [1.807, 2.05) is 0 Å². The SMILES string of the molecule is C=C1NC(=S)N[C@H](c2cc(Cl)c(OCCCC)c(Cl)c2)[C@H]1C(=O)OCC. The van der Waals surface area contributed by atoms with Crippen LogP contribution < -0.4 is 15.4 Å². The molecule has 0 aliphatic carbocycles. The smallest absolute Gasteiger partial charge is 0.317 e. The summed E-state index contributed by atoms with van der Waals surface area (Å²) in [6.07, 6.45) is 1.91. The number of benzene rings is 1. The molecule has 1 aromatic rings. The third kappa shape index (κ3) is 4.81. The Bertz CT molecular complexity index is 689. The predicted octanol–water partition coefficient (Wildman–Crippen LogP) is 4.38. The zero-order valence-corrected chi connectivity index (χ0v) is 17.1. The fourth-order valence-electron chi connectivity index (χ4n) is 2.69. The zero-order chi connectivity index (χ0) is 19.3. The van der Waals surface area contributed by atoms with Gasteiger partial charge in [-0.2, -0.15) is 0 Å². The maximum atomic E-state index is 12.4. The highest BCUT2D eigenvalue weighted by atomic mass is 35.5. The first-order valence-electron chi connectivity index (χ1n) is 8.43. The molecule has 1 aliphatic rings. The summed E-state index contributed by atoms with van der Waals surface area (Å²) in [4.78, 5) is 12.4. The largest absolute Gasteiger partial charge is 0.490 e. The molecule has 0 aromatic heterocycles. The van der Waals surface area contributed by atoms with Crippen molar-refractivity contribution in [3.8, 4) is 5.75 Å². The molecule has 2 rings (SSSR count). The first kappa shape index (κ1) is 20.8. The molecule has 0 spiro atoms. The number of hydrogen-bond donors (Lipinski definition) is 2. The molecule has 0 unspecified atom stereocenters. The van der Waals surface area contributed by atoms with Crippen LogP contribution in [-0.2, 0) is 9.53 Å². The van der Waals surface area contributed by atoms with Gasteiger partial charge in [0, 0.05) is 5.70 Å². The molecule has 2 N–H and O–H groups in total. The van der Waals surface area contributed by atoms with Crippen molar-refractivity contribution in [2.75, 3.05) is 13.2 Å². The van der Waals surface area contributed by atoms with Crippen molar-refractivity contribution < 1.29 is 14.3 Å². The van der Waals surface area contributed by atoms with E-state index in [0.29, 0.717) is 38.8 Å². The maximum absolute atomic E-state index is 12.4. The molecule has 0 radical (unpaired) electrons. The minimum atomic E-state index is -0.666. The predicted molar refractivity (Wildman–Crippen MR) is 108 cm³/mol. The van der Waals surface area contributed by atoms with Gasteiger partial charge < -0.3 is 20.1 Å². The highest BCUT2D eigenvalue weighted by Gasteiger charge is 2.38. The maximum Gasteiger partial charge on any atom is 0.317 e. The summed E-state index contributed by atoms with van der Waals surface area (Å²) in [5, 5.41) is 7.08. The van der Waals surface area contributed by atoms with Crippen LogP contribution in [0.5, 0.6) is 5.75 Å². The summed E-state index contributed by atoms with van der Waals surface area (Å²) < 4.78 is 10.8. The van der Waals surface area contributed by atoms with E-state index in [1.165, 1.54) is 0 Å². The molecule has 1 fully saturated rings. The van der Waals surface area contributed by atoms with E-state index >= 15 is 0 Å². The quantitative estimate of drug-likeness (QED) is 0.390. The van der Waals surface area contributed by atoms with Crippen molar-refractivity contribution in [3.63, 3.8) is 0 Å². The van der Waals surface area contributed by atoms with Gasteiger partial charge in [-0.25, -0.2) is 0 Å². The third-order valence-electron chi connectivity index (χ3n) is 3.93. The lowest BCUT2D eigenvalue weighted by molar-refractivity contribution is -0.147. The Balaban J connectivity index is 2.35. The van der Waals surface area contributed by atoms with Crippen LogP contribution >= 0.6 is 35.4 Å². The molecule has 1 aliphatic heterocycles. The molecular weight excluding hydrogens is 395 g/mol. The molecule has 1 saturated heterocycles. The molecule has 0 saturated carbocycles. The molecule has 26 heavy (non-hydrogen) atoms. The highest BCUT2D eigenvalue weighted by Crippen LogP contribution is 2.39. The van der Waals surface area contributed by atoms with Gasteiger partial charge in [0.15, 0.2) is 10.9 Å². The fraction of sp³-hybridized carbons (Fsp3) is 0.444. The number of rotatable bonds is 7. The van der Waals surface area contributed by atoms with Gasteiger partial charge in [0.1, 0.15) is 5.92 Å². The molecule has 0 bridgehead atoms. The first-order chi connectivity index (χ1) is 12.4. The standard InChI is InChI=1S/C18H22Cl2N2O3S/c1-4-6-7-25-16-12(19)8-11(9-13(16)20)15-14(17(23)24-5-2)10(3)21-18(26)22-15/h8-9,14-15H,3-7H2,1-2H3,(H2,21,22,26)/t14-,15+/m0/s1.